The third-order valence-corrected chi connectivity index (χ3v) is 6.66. The van der Waals surface area contributed by atoms with Crippen LogP contribution in [0.4, 0.5) is 11.4 Å². The lowest BCUT2D eigenvalue weighted by Gasteiger charge is -2.28. The van der Waals surface area contributed by atoms with Gasteiger partial charge in [0.2, 0.25) is 11.7 Å². The molecule has 0 bridgehead atoms. The number of amides is 2. The van der Waals surface area contributed by atoms with Crippen molar-refractivity contribution < 1.29 is 23.9 Å². The van der Waals surface area contributed by atoms with Crippen LogP contribution >= 0.6 is 0 Å². The lowest BCUT2D eigenvalue weighted by molar-refractivity contribution is -0.117. The maximum atomic E-state index is 13.8. The summed E-state index contributed by atoms with van der Waals surface area (Å²) in [5.41, 5.74) is 3.19. The average Bonchev–Trinajstić information content (AvgIpc) is 3.43. The van der Waals surface area contributed by atoms with Gasteiger partial charge < -0.3 is 14.8 Å². The Morgan fingerprint density at radius 2 is 1.61 bits per heavy atom. The lowest BCUT2D eigenvalue weighted by atomic mass is 9.85. The van der Waals surface area contributed by atoms with Gasteiger partial charge in [-0.15, -0.1) is 0 Å². The molecule has 38 heavy (non-hydrogen) atoms. The number of rotatable bonds is 5. The van der Waals surface area contributed by atoms with E-state index in [0.717, 1.165) is 10.9 Å². The van der Waals surface area contributed by atoms with Crippen molar-refractivity contribution in [3.8, 4) is 0 Å². The molecule has 0 aliphatic carbocycles. The number of ketones is 1. The largest absolute Gasteiger partial charge is 0.503 e. The van der Waals surface area contributed by atoms with E-state index in [9.17, 15) is 19.5 Å². The zero-order valence-corrected chi connectivity index (χ0v) is 21.6. The van der Waals surface area contributed by atoms with Crippen molar-refractivity contribution >= 4 is 39.9 Å². The highest BCUT2D eigenvalue weighted by atomic mass is 16.3. The fourth-order valence-corrected chi connectivity index (χ4v) is 4.72. The molecule has 192 valence electrons. The summed E-state index contributed by atoms with van der Waals surface area (Å²) in [6, 6.07) is 22.3. The molecule has 1 atom stereocenters. The number of hydrogen-bond donors (Lipinski definition) is 2. The van der Waals surface area contributed by atoms with E-state index in [1.165, 1.54) is 11.8 Å². The minimum atomic E-state index is -0.885. The van der Waals surface area contributed by atoms with Gasteiger partial charge in [-0.25, -0.2) is 0 Å². The summed E-state index contributed by atoms with van der Waals surface area (Å²) < 4.78 is 5.80. The average molecular weight is 509 g/mol. The Kier molecular flexibility index (Phi) is 6.15. The highest BCUT2D eigenvalue weighted by Crippen LogP contribution is 2.43. The first-order chi connectivity index (χ1) is 18.0. The maximum Gasteiger partial charge on any atom is 0.294 e. The molecule has 1 unspecified atom stereocenters. The zero-order valence-electron chi connectivity index (χ0n) is 21.6. The summed E-state index contributed by atoms with van der Waals surface area (Å²) in [5.74, 6) is -2.05. The van der Waals surface area contributed by atoms with Gasteiger partial charge in [-0.3, -0.25) is 19.3 Å². The van der Waals surface area contributed by atoms with Crippen molar-refractivity contribution in [3.63, 3.8) is 0 Å². The van der Waals surface area contributed by atoms with Crippen LogP contribution in [0.2, 0.25) is 0 Å². The molecular formula is C31H28N2O5. The lowest BCUT2D eigenvalue weighted by Crippen LogP contribution is -2.31. The Hall–Kier alpha value is -4.65. The number of furan rings is 1. The number of fused-ring (bicyclic) bond motifs is 1. The molecule has 7 heteroatoms. The van der Waals surface area contributed by atoms with Crippen molar-refractivity contribution in [2.45, 2.75) is 39.2 Å². The first-order valence-electron chi connectivity index (χ1n) is 12.3. The molecule has 2 amide bonds. The van der Waals surface area contributed by atoms with Crippen LogP contribution in [0.5, 0.6) is 0 Å². The van der Waals surface area contributed by atoms with Gasteiger partial charge in [-0.2, -0.15) is 0 Å². The van der Waals surface area contributed by atoms with Crippen LogP contribution in [0.1, 0.15) is 55.4 Å². The second-order valence-electron chi connectivity index (χ2n) is 10.4. The molecule has 0 fully saturated rings. The molecule has 0 saturated carbocycles. The fraction of sp³-hybridized carbons (Fsp3) is 0.194. The van der Waals surface area contributed by atoms with Crippen molar-refractivity contribution in [3.05, 3.63) is 107 Å². The van der Waals surface area contributed by atoms with Crippen molar-refractivity contribution in [2.75, 3.05) is 10.2 Å². The van der Waals surface area contributed by atoms with Crippen molar-refractivity contribution in [2.24, 2.45) is 0 Å². The number of Topliss-reactive ketones (excluding diaryl/α,β-unsaturated/α-hetero) is 1. The highest BCUT2D eigenvalue weighted by Gasteiger charge is 2.45. The van der Waals surface area contributed by atoms with E-state index in [2.05, 4.69) is 26.1 Å². The van der Waals surface area contributed by atoms with Crippen molar-refractivity contribution in [1.82, 2.24) is 0 Å². The molecule has 3 aromatic carbocycles. The number of benzene rings is 3. The third kappa shape index (κ3) is 4.47. The Morgan fingerprint density at radius 1 is 0.947 bits per heavy atom. The van der Waals surface area contributed by atoms with E-state index < -0.39 is 23.5 Å². The van der Waals surface area contributed by atoms with Crippen molar-refractivity contribution in [1.29, 1.82) is 0 Å². The molecule has 1 aromatic heterocycles. The number of anilines is 2. The zero-order chi connectivity index (χ0) is 27.2. The molecule has 7 nitrogen and oxygen atoms in total. The predicted molar refractivity (Wildman–Crippen MR) is 146 cm³/mol. The third-order valence-electron chi connectivity index (χ3n) is 6.66. The minimum Gasteiger partial charge on any atom is -0.503 e. The number of aliphatic hydroxyl groups is 1. The van der Waals surface area contributed by atoms with Crippen LogP contribution < -0.4 is 10.2 Å². The number of carbonyl (C=O) groups is 3. The number of aliphatic hydroxyl groups excluding tert-OH is 1. The van der Waals surface area contributed by atoms with Gasteiger partial charge in [0.1, 0.15) is 5.58 Å². The van der Waals surface area contributed by atoms with Crippen LogP contribution in [-0.2, 0) is 15.0 Å². The quantitative estimate of drug-likeness (QED) is 0.301. The second-order valence-corrected chi connectivity index (χ2v) is 10.4. The minimum absolute atomic E-state index is 0.0414. The number of carbonyl (C=O) groups excluding carboxylic acids is 3. The molecular weight excluding hydrogens is 480 g/mol. The van der Waals surface area contributed by atoms with Gasteiger partial charge in [0.25, 0.3) is 5.91 Å². The summed E-state index contributed by atoms with van der Waals surface area (Å²) in [5, 5.41) is 14.5. The van der Waals surface area contributed by atoms with E-state index in [1.54, 1.807) is 36.4 Å². The SMILES string of the molecule is CC(=O)Nc1ccc(N2C(=O)C(O)=C(C(=O)c3cc4ccccc4o3)C2c2ccc(C(C)(C)C)cc2)cc1. The molecule has 5 rings (SSSR count). The van der Waals surface area contributed by atoms with E-state index in [0.29, 0.717) is 22.5 Å². The predicted octanol–water partition coefficient (Wildman–Crippen LogP) is 6.47. The first kappa shape index (κ1) is 25.0. The molecule has 1 aliphatic rings. The second kappa shape index (κ2) is 9.34. The van der Waals surface area contributed by atoms with Crippen LogP contribution in [0.15, 0.2) is 94.6 Å². The molecule has 2 N–H and O–H groups in total. The first-order valence-corrected chi connectivity index (χ1v) is 12.3. The molecule has 4 aromatic rings. The topological polar surface area (TPSA) is 99.9 Å². The highest BCUT2D eigenvalue weighted by molar-refractivity contribution is 6.20. The van der Waals surface area contributed by atoms with Gasteiger partial charge in [-0.05, 0) is 52.9 Å². The van der Waals surface area contributed by atoms with E-state index in [1.807, 2.05) is 42.5 Å². The number of para-hydroxylation sites is 1. The summed E-state index contributed by atoms with van der Waals surface area (Å²) >= 11 is 0. The van der Waals surface area contributed by atoms with Crippen LogP contribution in [0.3, 0.4) is 0 Å². The van der Waals surface area contributed by atoms with Crippen LogP contribution in [0, 0.1) is 0 Å². The van der Waals surface area contributed by atoms with Gasteiger partial charge in [-0.1, -0.05) is 63.2 Å². The normalized spacial score (nSPS) is 15.8. The Bertz CT molecular complexity index is 1560. The summed E-state index contributed by atoms with van der Waals surface area (Å²) in [4.78, 5) is 40.1. The van der Waals surface area contributed by atoms with Crippen LogP contribution in [-0.4, -0.2) is 22.7 Å². The molecule has 1 aliphatic heterocycles. The monoisotopic (exact) mass is 508 g/mol. The van der Waals surface area contributed by atoms with Gasteiger partial charge >= 0.3 is 0 Å². The molecule has 0 saturated heterocycles. The molecule has 0 spiro atoms. The fourth-order valence-electron chi connectivity index (χ4n) is 4.72. The van der Waals surface area contributed by atoms with Gasteiger partial charge in [0.05, 0.1) is 11.6 Å². The van der Waals surface area contributed by atoms with Crippen LogP contribution in [0.25, 0.3) is 11.0 Å². The Balaban J connectivity index is 1.61. The number of nitrogens with zero attached hydrogens (tertiary/aromatic N) is 1. The smallest absolute Gasteiger partial charge is 0.294 e. The molecule has 0 radical (unpaired) electrons. The number of nitrogens with one attached hydrogen (secondary N) is 1. The maximum absolute atomic E-state index is 13.8. The Morgan fingerprint density at radius 3 is 2.21 bits per heavy atom. The van der Waals surface area contributed by atoms with E-state index >= 15 is 0 Å². The molecule has 2 heterocycles. The standard InChI is InChI=1S/C31H28N2O5/c1-18(34)32-22-13-15-23(16-14-22)33-27(19-9-11-21(12-10-19)31(2,3)4)26(29(36)30(33)37)28(35)25-17-20-7-5-6-8-24(20)38-25/h5-17,27,36H,1-4H3,(H,32,34). The summed E-state index contributed by atoms with van der Waals surface area (Å²) in [7, 11) is 0. The van der Waals surface area contributed by atoms with Gasteiger partial charge in [0.15, 0.2) is 11.5 Å². The van der Waals surface area contributed by atoms with E-state index in [-0.39, 0.29) is 22.7 Å². The summed E-state index contributed by atoms with van der Waals surface area (Å²) in [6.07, 6.45) is 0. The Labute approximate surface area is 220 Å². The van der Waals surface area contributed by atoms with Gasteiger partial charge in [0, 0.05) is 23.7 Å². The number of hydrogen-bond acceptors (Lipinski definition) is 5. The summed E-state index contributed by atoms with van der Waals surface area (Å²) in [6.45, 7) is 7.72. The van der Waals surface area contributed by atoms with E-state index in [4.69, 9.17) is 4.42 Å².